The molecular formula is C26H19F3O6. The van der Waals surface area contributed by atoms with Crippen LogP contribution in [0.3, 0.4) is 0 Å². The van der Waals surface area contributed by atoms with Gasteiger partial charge in [-0.25, -0.2) is 4.79 Å². The first-order valence-corrected chi connectivity index (χ1v) is 10.5. The Kier molecular flexibility index (Phi) is 6.77. The predicted octanol–water partition coefficient (Wildman–Crippen LogP) is 6.03. The van der Waals surface area contributed by atoms with Crippen LogP contribution in [0.15, 0.2) is 82.0 Å². The van der Waals surface area contributed by atoms with Crippen LogP contribution >= 0.6 is 0 Å². The third-order valence-corrected chi connectivity index (χ3v) is 4.92. The maximum atomic E-state index is 13.7. The van der Waals surface area contributed by atoms with E-state index < -0.39 is 35.7 Å². The number of hydrogen-bond acceptors (Lipinski definition) is 6. The number of carbonyl (C=O) groups excluding carboxylic acids is 1. The Morgan fingerprint density at radius 2 is 1.63 bits per heavy atom. The first kappa shape index (κ1) is 23.9. The lowest BCUT2D eigenvalue weighted by Gasteiger charge is -2.14. The first-order valence-electron chi connectivity index (χ1n) is 10.5. The van der Waals surface area contributed by atoms with Gasteiger partial charge in [0.15, 0.2) is 6.61 Å². The molecule has 1 aromatic heterocycles. The molecule has 0 unspecified atom stereocenters. The van der Waals surface area contributed by atoms with E-state index in [4.69, 9.17) is 18.6 Å². The number of hydrogen-bond donors (Lipinski definition) is 0. The Morgan fingerprint density at radius 3 is 2.31 bits per heavy atom. The highest BCUT2D eigenvalue weighted by Gasteiger charge is 2.40. The zero-order valence-corrected chi connectivity index (χ0v) is 18.4. The standard InChI is InChI=1S/C26H19F3O6/c1-16-7-9-18(10-8-16)34-24-23(31)20-12-11-19(13-21(20)35-25(24)26(27,28)29)32-15-22(30)33-14-17-5-3-2-4-6-17/h2-13H,14-15H2,1H3. The zero-order valence-electron chi connectivity index (χ0n) is 18.4. The summed E-state index contributed by atoms with van der Waals surface area (Å²) < 4.78 is 61.8. The van der Waals surface area contributed by atoms with Crippen LogP contribution in [-0.4, -0.2) is 12.6 Å². The molecule has 0 spiro atoms. The molecule has 0 aliphatic carbocycles. The van der Waals surface area contributed by atoms with Crippen LogP contribution in [0.5, 0.6) is 17.2 Å². The van der Waals surface area contributed by atoms with E-state index in [0.717, 1.165) is 17.2 Å². The summed E-state index contributed by atoms with van der Waals surface area (Å²) >= 11 is 0. The minimum Gasteiger partial charge on any atom is -0.482 e. The number of esters is 1. The van der Waals surface area contributed by atoms with Gasteiger partial charge in [-0.15, -0.1) is 0 Å². The van der Waals surface area contributed by atoms with E-state index in [9.17, 15) is 22.8 Å². The van der Waals surface area contributed by atoms with Crippen LogP contribution in [0.2, 0.25) is 0 Å². The van der Waals surface area contributed by atoms with Crippen molar-refractivity contribution in [2.45, 2.75) is 19.7 Å². The number of carbonyl (C=O) groups is 1. The van der Waals surface area contributed by atoms with E-state index in [2.05, 4.69) is 0 Å². The van der Waals surface area contributed by atoms with Crippen molar-refractivity contribution >= 4 is 16.9 Å². The van der Waals surface area contributed by atoms with Crippen molar-refractivity contribution in [3.63, 3.8) is 0 Å². The highest BCUT2D eigenvalue weighted by atomic mass is 19.4. The minimum absolute atomic E-state index is 0.0256. The summed E-state index contributed by atoms with van der Waals surface area (Å²) in [6.45, 7) is 1.37. The molecule has 9 heteroatoms. The van der Waals surface area contributed by atoms with Crippen molar-refractivity contribution in [1.29, 1.82) is 0 Å². The van der Waals surface area contributed by atoms with Gasteiger partial charge < -0.3 is 18.6 Å². The average Bonchev–Trinajstić information content (AvgIpc) is 2.84. The summed E-state index contributed by atoms with van der Waals surface area (Å²) in [4.78, 5) is 24.8. The van der Waals surface area contributed by atoms with Crippen molar-refractivity contribution in [2.75, 3.05) is 6.61 Å². The van der Waals surface area contributed by atoms with Gasteiger partial charge in [0.1, 0.15) is 23.7 Å². The van der Waals surface area contributed by atoms with Gasteiger partial charge in [-0.3, -0.25) is 4.79 Å². The molecule has 4 aromatic rings. The Balaban J connectivity index is 1.56. The van der Waals surface area contributed by atoms with Gasteiger partial charge in [0.05, 0.1) is 5.39 Å². The Labute approximate surface area is 197 Å². The number of benzene rings is 3. The average molecular weight is 484 g/mol. The molecule has 0 radical (unpaired) electrons. The summed E-state index contributed by atoms with van der Waals surface area (Å²) in [5.74, 6) is -3.13. The maximum Gasteiger partial charge on any atom is 0.453 e. The number of ether oxygens (including phenoxy) is 3. The quantitative estimate of drug-likeness (QED) is 0.298. The summed E-state index contributed by atoms with van der Waals surface area (Å²) in [5, 5.41) is -0.140. The van der Waals surface area contributed by atoms with Crippen molar-refractivity contribution in [2.24, 2.45) is 0 Å². The van der Waals surface area contributed by atoms with Crippen molar-refractivity contribution in [3.8, 4) is 17.2 Å². The Morgan fingerprint density at radius 1 is 0.943 bits per heavy atom. The fraction of sp³-hybridized carbons (Fsp3) is 0.154. The Bertz CT molecular complexity index is 1390. The topological polar surface area (TPSA) is 75.0 Å². The SMILES string of the molecule is Cc1ccc(Oc2c(C(F)(F)F)oc3cc(OCC(=O)OCc4ccccc4)ccc3c2=O)cc1. The number of alkyl halides is 3. The van der Waals surface area contributed by atoms with Gasteiger partial charge in [0.25, 0.3) is 5.76 Å². The van der Waals surface area contributed by atoms with E-state index in [1.54, 1.807) is 43.3 Å². The van der Waals surface area contributed by atoms with Crippen LogP contribution in [0.25, 0.3) is 11.0 Å². The highest BCUT2D eigenvalue weighted by Crippen LogP contribution is 2.38. The molecule has 0 saturated carbocycles. The second-order valence-electron chi connectivity index (χ2n) is 7.60. The molecule has 0 N–H and O–H groups in total. The third kappa shape index (κ3) is 5.81. The molecule has 4 rings (SSSR count). The van der Waals surface area contributed by atoms with Gasteiger partial charge >= 0.3 is 12.1 Å². The van der Waals surface area contributed by atoms with Gasteiger partial charge in [-0.1, -0.05) is 48.0 Å². The van der Waals surface area contributed by atoms with Crippen molar-refractivity contribution in [1.82, 2.24) is 0 Å². The van der Waals surface area contributed by atoms with Crippen molar-refractivity contribution in [3.05, 3.63) is 99.9 Å². The molecule has 3 aromatic carbocycles. The first-order chi connectivity index (χ1) is 16.7. The predicted molar refractivity (Wildman–Crippen MR) is 120 cm³/mol. The second-order valence-corrected chi connectivity index (χ2v) is 7.60. The van der Waals surface area contributed by atoms with Crippen LogP contribution in [0.1, 0.15) is 16.9 Å². The van der Waals surface area contributed by atoms with Gasteiger partial charge in [-0.2, -0.15) is 13.2 Å². The molecular weight excluding hydrogens is 465 g/mol. The fourth-order valence-corrected chi connectivity index (χ4v) is 3.17. The van der Waals surface area contributed by atoms with Crippen molar-refractivity contribution < 1.29 is 36.6 Å². The molecule has 0 aliphatic heterocycles. The number of aryl methyl sites for hydroxylation is 1. The summed E-state index contributed by atoms with van der Waals surface area (Å²) in [6, 6.07) is 18.9. The summed E-state index contributed by atoms with van der Waals surface area (Å²) in [6.07, 6.45) is -4.99. The molecule has 0 fully saturated rings. The van der Waals surface area contributed by atoms with E-state index in [1.165, 1.54) is 24.3 Å². The number of fused-ring (bicyclic) bond motifs is 1. The second kappa shape index (κ2) is 9.92. The van der Waals surface area contributed by atoms with Gasteiger partial charge in [0.2, 0.25) is 11.2 Å². The smallest absolute Gasteiger partial charge is 0.453 e. The maximum absolute atomic E-state index is 13.7. The number of rotatable bonds is 7. The fourth-order valence-electron chi connectivity index (χ4n) is 3.17. The summed E-state index contributed by atoms with van der Waals surface area (Å²) in [7, 11) is 0. The molecule has 0 amide bonds. The van der Waals surface area contributed by atoms with Gasteiger partial charge in [-0.05, 0) is 36.8 Å². The highest BCUT2D eigenvalue weighted by molar-refractivity contribution is 5.80. The van der Waals surface area contributed by atoms with E-state index in [-0.39, 0.29) is 29.1 Å². The molecule has 6 nitrogen and oxygen atoms in total. The largest absolute Gasteiger partial charge is 0.482 e. The van der Waals surface area contributed by atoms with Crippen LogP contribution < -0.4 is 14.9 Å². The van der Waals surface area contributed by atoms with Crippen LogP contribution in [0, 0.1) is 6.92 Å². The van der Waals surface area contributed by atoms with E-state index >= 15 is 0 Å². The molecule has 0 bridgehead atoms. The molecule has 1 heterocycles. The zero-order chi connectivity index (χ0) is 25.0. The van der Waals surface area contributed by atoms with E-state index in [1.807, 2.05) is 6.07 Å². The summed E-state index contributed by atoms with van der Waals surface area (Å²) in [5.41, 5.74) is 0.300. The normalized spacial score (nSPS) is 11.3. The number of halogens is 3. The van der Waals surface area contributed by atoms with E-state index in [0.29, 0.717) is 0 Å². The molecule has 0 saturated heterocycles. The third-order valence-electron chi connectivity index (χ3n) is 4.92. The van der Waals surface area contributed by atoms with Gasteiger partial charge in [0, 0.05) is 6.07 Å². The lowest BCUT2D eigenvalue weighted by atomic mass is 10.2. The lowest BCUT2D eigenvalue weighted by Crippen LogP contribution is -2.16. The lowest BCUT2D eigenvalue weighted by molar-refractivity contribution is -0.154. The monoisotopic (exact) mass is 484 g/mol. The minimum atomic E-state index is -4.99. The molecule has 0 aliphatic rings. The Hall–Kier alpha value is -4.27. The molecule has 0 atom stereocenters. The van der Waals surface area contributed by atoms with Crippen LogP contribution in [-0.2, 0) is 22.3 Å². The van der Waals surface area contributed by atoms with Crippen LogP contribution in [0.4, 0.5) is 13.2 Å². The molecule has 180 valence electrons. The molecule has 35 heavy (non-hydrogen) atoms.